The molecule has 0 aliphatic heterocycles. The molecule has 0 spiro atoms. The Morgan fingerprint density at radius 1 is 1.00 bits per heavy atom. The first-order chi connectivity index (χ1) is 13.2. The highest BCUT2D eigenvalue weighted by Gasteiger charge is 2.08. The van der Waals surface area contributed by atoms with E-state index in [9.17, 15) is 9.59 Å². The number of hydrogen-bond donors (Lipinski definition) is 1. The van der Waals surface area contributed by atoms with Crippen molar-refractivity contribution in [1.82, 2.24) is 5.43 Å². The molecular formula is C20H16N2O4S. The fraction of sp³-hybridized carbons (Fsp3) is 0.0500. The third-order valence-electron chi connectivity index (χ3n) is 3.54. The van der Waals surface area contributed by atoms with E-state index in [2.05, 4.69) is 10.5 Å². The van der Waals surface area contributed by atoms with E-state index < -0.39 is 5.97 Å². The zero-order chi connectivity index (χ0) is 19.1. The molecule has 1 aromatic heterocycles. The average Bonchev–Trinajstić information content (AvgIpc) is 3.24. The number of carbonyl (C=O) groups excluding carboxylic acids is 2. The maximum Gasteiger partial charge on any atom is 0.343 e. The summed E-state index contributed by atoms with van der Waals surface area (Å²) >= 11 is 1.34. The Morgan fingerprint density at radius 3 is 2.33 bits per heavy atom. The van der Waals surface area contributed by atoms with Gasteiger partial charge in [-0.2, -0.15) is 5.10 Å². The van der Waals surface area contributed by atoms with Gasteiger partial charge < -0.3 is 9.47 Å². The minimum absolute atomic E-state index is 0.258. The molecule has 0 unspecified atom stereocenters. The van der Waals surface area contributed by atoms with Crippen molar-refractivity contribution in [3.05, 3.63) is 82.0 Å². The summed E-state index contributed by atoms with van der Waals surface area (Å²) in [6.45, 7) is 0. The fourth-order valence-electron chi connectivity index (χ4n) is 2.14. The monoisotopic (exact) mass is 380 g/mol. The number of esters is 1. The van der Waals surface area contributed by atoms with Crippen LogP contribution in [0.5, 0.6) is 11.5 Å². The molecule has 0 aliphatic carbocycles. The van der Waals surface area contributed by atoms with E-state index in [0.29, 0.717) is 21.9 Å². The second kappa shape index (κ2) is 8.77. The van der Waals surface area contributed by atoms with Gasteiger partial charge in [-0.05, 0) is 65.5 Å². The number of amides is 1. The molecular weight excluding hydrogens is 364 g/mol. The summed E-state index contributed by atoms with van der Waals surface area (Å²) in [7, 11) is 1.56. The van der Waals surface area contributed by atoms with Gasteiger partial charge in [-0.3, -0.25) is 4.79 Å². The molecule has 0 radical (unpaired) electrons. The molecule has 1 amide bonds. The lowest BCUT2D eigenvalue weighted by Gasteiger charge is -2.05. The molecule has 1 heterocycles. The van der Waals surface area contributed by atoms with Crippen LogP contribution in [0.3, 0.4) is 0 Å². The van der Waals surface area contributed by atoms with Crippen LogP contribution in [0.2, 0.25) is 0 Å². The summed E-state index contributed by atoms with van der Waals surface area (Å²) in [5, 5.41) is 5.74. The molecule has 2 aromatic carbocycles. The highest BCUT2D eigenvalue weighted by atomic mass is 32.1. The van der Waals surface area contributed by atoms with E-state index in [-0.39, 0.29) is 5.91 Å². The molecule has 0 saturated heterocycles. The van der Waals surface area contributed by atoms with E-state index in [1.54, 1.807) is 67.8 Å². The number of methoxy groups -OCH3 is 1. The smallest absolute Gasteiger partial charge is 0.343 e. The van der Waals surface area contributed by atoms with Gasteiger partial charge >= 0.3 is 5.97 Å². The normalized spacial score (nSPS) is 10.6. The summed E-state index contributed by atoms with van der Waals surface area (Å²) in [5.74, 6) is 0.366. The maximum atomic E-state index is 12.1. The second-order valence-electron chi connectivity index (χ2n) is 5.36. The lowest BCUT2D eigenvalue weighted by atomic mass is 10.2. The SMILES string of the molecule is COc1ccc(C(=O)Oc2ccc(C=NNC(=O)c3cccs3)cc2)cc1. The molecule has 7 heteroatoms. The number of rotatable bonds is 6. The van der Waals surface area contributed by atoms with Gasteiger partial charge in [-0.1, -0.05) is 6.07 Å². The van der Waals surface area contributed by atoms with Gasteiger partial charge in [0.2, 0.25) is 0 Å². The molecule has 27 heavy (non-hydrogen) atoms. The average molecular weight is 380 g/mol. The first kappa shape index (κ1) is 18.3. The van der Waals surface area contributed by atoms with Gasteiger partial charge in [0, 0.05) is 0 Å². The maximum absolute atomic E-state index is 12.1. The predicted molar refractivity (Wildman–Crippen MR) is 104 cm³/mol. The van der Waals surface area contributed by atoms with E-state index in [1.807, 2.05) is 5.38 Å². The standard InChI is InChI=1S/C20H16N2O4S/c1-25-16-10-6-15(7-11-16)20(24)26-17-8-4-14(5-9-17)13-21-22-19(23)18-3-2-12-27-18/h2-13H,1H3,(H,22,23). The number of nitrogens with zero attached hydrogens (tertiary/aromatic N) is 1. The fourth-order valence-corrected chi connectivity index (χ4v) is 2.76. The number of carbonyl (C=O) groups is 2. The van der Waals surface area contributed by atoms with Crippen LogP contribution < -0.4 is 14.9 Å². The number of thiophene rings is 1. The molecule has 3 aromatic rings. The van der Waals surface area contributed by atoms with Crippen molar-refractivity contribution in [1.29, 1.82) is 0 Å². The quantitative estimate of drug-likeness (QED) is 0.306. The largest absolute Gasteiger partial charge is 0.497 e. The van der Waals surface area contributed by atoms with Gasteiger partial charge in [0.1, 0.15) is 11.5 Å². The highest BCUT2D eigenvalue weighted by Crippen LogP contribution is 2.16. The van der Waals surface area contributed by atoms with Crippen LogP contribution in [0.15, 0.2) is 71.1 Å². The van der Waals surface area contributed by atoms with E-state index >= 15 is 0 Å². The number of ether oxygens (including phenoxy) is 2. The van der Waals surface area contributed by atoms with Gasteiger partial charge in [-0.15, -0.1) is 11.3 Å². The third kappa shape index (κ3) is 5.02. The Labute approximate surface area is 160 Å². The predicted octanol–water partition coefficient (Wildman–Crippen LogP) is 3.74. The zero-order valence-corrected chi connectivity index (χ0v) is 15.2. The van der Waals surface area contributed by atoms with Crippen LogP contribution in [0.1, 0.15) is 25.6 Å². The van der Waals surface area contributed by atoms with Crippen molar-refractivity contribution < 1.29 is 19.1 Å². The summed E-state index contributed by atoms with van der Waals surface area (Å²) < 4.78 is 10.4. The van der Waals surface area contributed by atoms with Crippen molar-refractivity contribution in [2.45, 2.75) is 0 Å². The Bertz CT molecular complexity index is 933. The minimum atomic E-state index is -0.456. The second-order valence-corrected chi connectivity index (χ2v) is 6.31. The molecule has 136 valence electrons. The van der Waals surface area contributed by atoms with Gasteiger partial charge in [-0.25, -0.2) is 10.2 Å². The van der Waals surface area contributed by atoms with Gasteiger partial charge in [0.25, 0.3) is 5.91 Å². The minimum Gasteiger partial charge on any atom is -0.497 e. The molecule has 1 N–H and O–H groups in total. The first-order valence-electron chi connectivity index (χ1n) is 7.99. The van der Waals surface area contributed by atoms with E-state index in [1.165, 1.54) is 17.6 Å². The summed E-state index contributed by atoms with van der Waals surface area (Å²) in [4.78, 5) is 24.5. The van der Waals surface area contributed by atoms with Gasteiger partial charge in [0.15, 0.2) is 0 Å². The molecule has 0 fully saturated rings. The molecule has 6 nitrogen and oxygen atoms in total. The summed E-state index contributed by atoms with van der Waals surface area (Å²) in [6.07, 6.45) is 1.51. The number of nitrogens with one attached hydrogen (secondary N) is 1. The number of hydrazone groups is 1. The summed E-state index contributed by atoms with van der Waals surface area (Å²) in [6, 6.07) is 17.0. The van der Waals surface area contributed by atoms with Crippen LogP contribution in [-0.4, -0.2) is 25.2 Å². The Kier molecular flexibility index (Phi) is 5.96. The molecule has 0 aliphatic rings. The summed E-state index contributed by atoms with van der Waals surface area (Å²) in [5.41, 5.74) is 3.64. The van der Waals surface area contributed by atoms with Crippen LogP contribution in [0, 0.1) is 0 Å². The van der Waals surface area contributed by atoms with Gasteiger partial charge in [0.05, 0.1) is 23.8 Å². The Hall–Kier alpha value is -3.45. The van der Waals surface area contributed by atoms with Crippen molar-refractivity contribution in [3.63, 3.8) is 0 Å². The third-order valence-corrected chi connectivity index (χ3v) is 4.41. The van der Waals surface area contributed by atoms with Crippen LogP contribution >= 0.6 is 11.3 Å². The van der Waals surface area contributed by atoms with Crippen molar-refractivity contribution >= 4 is 29.4 Å². The molecule has 3 rings (SSSR count). The molecule has 0 atom stereocenters. The van der Waals surface area contributed by atoms with E-state index in [0.717, 1.165) is 5.56 Å². The van der Waals surface area contributed by atoms with Crippen LogP contribution in [0.4, 0.5) is 0 Å². The highest BCUT2D eigenvalue weighted by molar-refractivity contribution is 7.12. The molecule has 0 saturated carbocycles. The van der Waals surface area contributed by atoms with Crippen molar-refractivity contribution in [2.75, 3.05) is 7.11 Å². The van der Waals surface area contributed by atoms with Crippen molar-refractivity contribution in [2.24, 2.45) is 5.10 Å². The number of hydrogen-bond acceptors (Lipinski definition) is 6. The Balaban J connectivity index is 1.55. The van der Waals surface area contributed by atoms with E-state index in [4.69, 9.17) is 9.47 Å². The lowest BCUT2D eigenvalue weighted by molar-refractivity contribution is 0.0734. The lowest BCUT2D eigenvalue weighted by Crippen LogP contribution is -2.16. The van der Waals surface area contributed by atoms with Crippen LogP contribution in [-0.2, 0) is 0 Å². The van der Waals surface area contributed by atoms with Crippen LogP contribution in [0.25, 0.3) is 0 Å². The first-order valence-corrected chi connectivity index (χ1v) is 8.87. The molecule has 0 bridgehead atoms. The topological polar surface area (TPSA) is 77.0 Å². The zero-order valence-electron chi connectivity index (χ0n) is 14.4. The number of benzene rings is 2. The van der Waals surface area contributed by atoms with Crippen molar-refractivity contribution in [3.8, 4) is 11.5 Å². The Morgan fingerprint density at radius 2 is 1.70 bits per heavy atom.